The Hall–Kier alpha value is -2.80. The number of hydrogen-bond acceptors (Lipinski definition) is 4. The molecule has 0 bridgehead atoms. The molecule has 0 saturated carbocycles. The van der Waals surface area contributed by atoms with Crippen LogP contribution in [0, 0.1) is 5.39 Å². The zero-order chi connectivity index (χ0) is 21.9. The second-order valence-electron chi connectivity index (χ2n) is 5.63. The first-order valence-corrected chi connectivity index (χ1v) is 9.43. The zero-order valence-corrected chi connectivity index (χ0v) is 16.5. The highest BCUT2D eigenvalue weighted by Gasteiger charge is 2.20. The minimum absolute atomic E-state index is 0.00386. The largest absolute Gasteiger partial charge is 0.673 e. The van der Waals surface area contributed by atoms with Crippen molar-refractivity contribution < 1.29 is 26.8 Å². The maximum atomic E-state index is 12.6. The Bertz CT molecular complexity index is 879. The Morgan fingerprint density at radius 3 is 2.45 bits per heavy atom. The van der Waals surface area contributed by atoms with Gasteiger partial charge in [0, 0.05) is 22.9 Å². The molecule has 0 fully saturated rings. The Balaban J connectivity index is 0.000000749. The molecule has 0 aromatic heterocycles. The highest BCUT2D eigenvalue weighted by molar-refractivity contribution is 8.14. The lowest BCUT2D eigenvalue weighted by atomic mass is 10.1. The molecule has 2 rings (SSSR count). The topological polar surface area (TPSA) is 54.5 Å². The first kappa shape index (κ1) is 24.2. The van der Waals surface area contributed by atoms with Gasteiger partial charge in [-0.2, -0.15) is 0 Å². The van der Waals surface area contributed by atoms with E-state index in [2.05, 4.69) is 11.6 Å². The zero-order valence-electron chi connectivity index (χ0n) is 15.7. The Labute approximate surface area is 170 Å². The van der Waals surface area contributed by atoms with Crippen LogP contribution in [0.3, 0.4) is 0 Å². The number of carbonyl (C=O) groups is 1. The van der Waals surface area contributed by atoms with Crippen molar-refractivity contribution in [3.63, 3.8) is 0 Å². The monoisotopic (exact) mass is 426 g/mol. The van der Waals surface area contributed by atoms with Gasteiger partial charge in [-0.05, 0) is 30.5 Å². The third kappa shape index (κ3) is 9.30. The van der Waals surface area contributed by atoms with Gasteiger partial charge >= 0.3 is 12.9 Å². The average molecular weight is 426 g/mol. The minimum Gasteiger partial charge on any atom is -0.497 e. The fourth-order valence-corrected chi connectivity index (χ4v) is 3.21. The van der Waals surface area contributed by atoms with E-state index in [0.29, 0.717) is 35.6 Å². The number of hydrogen-bond donors (Lipinski definition) is 0. The van der Waals surface area contributed by atoms with Crippen molar-refractivity contribution in [2.24, 2.45) is 0 Å². The van der Waals surface area contributed by atoms with Crippen LogP contribution >= 0.6 is 11.8 Å². The molecule has 0 radical (unpaired) electrons. The lowest BCUT2D eigenvalue weighted by molar-refractivity contribution is 0.108. The molecule has 0 saturated heterocycles. The first-order chi connectivity index (χ1) is 13.7. The van der Waals surface area contributed by atoms with E-state index in [0.717, 1.165) is 11.1 Å². The molecule has 2 aromatic carbocycles. The van der Waals surface area contributed by atoms with Gasteiger partial charge in [-0.15, -0.1) is 6.58 Å². The quantitative estimate of drug-likeness (QED) is 0.225. The van der Waals surface area contributed by atoms with Crippen LogP contribution in [0.25, 0.3) is 4.98 Å². The van der Waals surface area contributed by atoms with Gasteiger partial charge in [-0.1, -0.05) is 42.1 Å². The summed E-state index contributed by atoms with van der Waals surface area (Å²) in [4.78, 5) is 15.8. The molecule has 0 aliphatic carbocycles. The predicted octanol–water partition coefficient (Wildman–Crippen LogP) is 6.32. The van der Waals surface area contributed by atoms with E-state index in [-0.39, 0.29) is 5.12 Å². The standard InChI is InChI=1S/C19H19N2O2S.BF4/c1-3-6-14-9-10-16(23-2)13-17(14)19(22)24-12-11-15-7-4-5-8-18(15)21-20;2-1(3,4)5/h3-5,7-10,13H,1,6,11-12H2,2H3;/q+1;-1. The van der Waals surface area contributed by atoms with Crippen molar-refractivity contribution in [2.45, 2.75) is 12.8 Å². The fraction of sp³-hybridized carbons (Fsp3) is 0.211. The Morgan fingerprint density at radius 1 is 1.21 bits per heavy atom. The summed E-state index contributed by atoms with van der Waals surface area (Å²) in [5.41, 5.74) is 3.05. The van der Waals surface area contributed by atoms with Crippen LogP contribution < -0.4 is 4.74 Å². The molecule has 10 heteroatoms. The second kappa shape index (κ2) is 11.9. The molecule has 0 unspecified atom stereocenters. The van der Waals surface area contributed by atoms with E-state index >= 15 is 0 Å². The molecule has 4 nitrogen and oxygen atoms in total. The van der Waals surface area contributed by atoms with Gasteiger partial charge in [0.1, 0.15) is 5.75 Å². The summed E-state index contributed by atoms with van der Waals surface area (Å²) in [5, 5.41) is 8.99. The van der Waals surface area contributed by atoms with Crippen LogP contribution in [0.15, 0.2) is 55.1 Å². The number of benzene rings is 2. The molecule has 29 heavy (non-hydrogen) atoms. The Kier molecular flexibility index (Phi) is 9.96. The number of halogens is 4. The van der Waals surface area contributed by atoms with Gasteiger partial charge < -0.3 is 22.0 Å². The number of aryl methyl sites for hydroxylation is 1. The van der Waals surface area contributed by atoms with Crippen LogP contribution in [0.5, 0.6) is 5.75 Å². The number of allylic oxidation sites excluding steroid dienone is 1. The molecule has 0 aliphatic heterocycles. The summed E-state index contributed by atoms with van der Waals surface area (Å²) >= 11 is 1.25. The van der Waals surface area contributed by atoms with Gasteiger partial charge in [-0.25, -0.2) is 0 Å². The van der Waals surface area contributed by atoms with Crippen LogP contribution in [0.1, 0.15) is 21.5 Å². The molecule has 0 aliphatic rings. The number of carbonyl (C=O) groups excluding carboxylic acids is 1. The number of nitrogens with zero attached hydrogens (tertiary/aromatic N) is 2. The van der Waals surface area contributed by atoms with Gasteiger partial charge in [0.2, 0.25) is 10.5 Å². The lowest BCUT2D eigenvalue weighted by Gasteiger charge is -2.09. The van der Waals surface area contributed by atoms with Gasteiger partial charge in [-0.3, -0.25) is 4.79 Å². The Morgan fingerprint density at radius 2 is 1.86 bits per heavy atom. The van der Waals surface area contributed by atoms with E-state index in [9.17, 15) is 22.1 Å². The summed E-state index contributed by atoms with van der Waals surface area (Å²) in [6.45, 7) is 3.74. The summed E-state index contributed by atoms with van der Waals surface area (Å²) in [6, 6.07) is 12.9. The van der Waals surface area contributed by atoms with Crippen molar-refractivity contribution >= 4 is 29.8 Å². The fourth-order valence-electron chi connectivity index (χ4n) is 2.36. The van der Waals surface area contributed by atoms with E-state index in [1.165, 1.54) is 11.8 Å². The third-order valence-electron chi connectivity index (χ3n) is 3.61. The van der Waals surface area contributed by atoms with Gasteiger partial charge in [0.25, 0.3) is 0 Å². The van der Waals surface area contributed by atoms with Gasteiger partial charge in [0.15, 0.2) is 4.98 Å². The number of methoxy groups -OCH3 is 1. The van der Waals surface area contributed by atoms with Crippen molar-refractivity contribution in [1.29, 1.82) is 5.39 Å². The van der Waals surface area contributed by atoms with E-state index in [4.69, 9.17) is 10.1 Å². The van der Waals surface area contributed by atoms with Crippen molar-refractivity contribution in [3.8, 4) is 5.75 Å². The summed E-state index contributed by atoms with van der Waals surface area (Å²) in [6.07, 6.45) is 3.07. The van der Waals surface area contributed by atoms with Gasteiger partial charge in [0.05, 0.1) is 7.11 Å². The predicted molar refractivity (Wildman–Crippen MR) is 109 cm³/mol. The third-order valence-corrected chi connectivity index (χ3v) is 4.50. The van der Waals surface area contributed by atoms with Crippen molar-refractivity contribution in [1.82, 2.24) is 0 Å². The highest BCUT2D eigenvalue weighted by atomic mass is 32.2. The smallest absolute Gasteiger partial charge is 0.497 e. The normalized spacial score (nSPS) is 10.3. The van der Waals surface area contributed by atoms with E-state index in [1.807, 2.05) is 30.3 Å². The number of thioether (sulfide) groups is 1. The van der Waals surface area contributed by atoms with Crippen LogP contribution in [-0.2, 0) is 12.8 Å². The SMILES string of the molecule is C=CCc1ccc(OC)cc1C(=O)SCCc1ccccc1[N+]#N.F[B-](F)(F)F. The molecule has 0 heterocycles. The van der Waals surface area contributed by atoms with E-state index in [1.54, 1.807) is 25.3 Å². The average Bonchev–Trinajstić information content (AvgIpc) is 2.67. The molecule has 154 valence electrons. The molecule has 0 N–H and O–H groups in total. The van der Waals surface area contributed by atoms with Crippen LogP contribution in [-0.4, -0.2) is 25.2 Å². The minimum atomic E-state index is -6.00. The first-order valence-electron chi connectivity index (χ1n) is 8.44. The number of diazo groups is 1. The van der Waals surface area contributed by atoms with Crippen LogP contribution in [0.2, 0.25) is 0 Å². The van der Waals surface area contributed by atoms with E-state index < -0.39 is 7.25 Å². The summed E-state index contributed by atoms with van der Waals surface area (Å²) in [5.74, 6) is 1.27. The van der Waals surface area contributed by atoms with Crippen LogP contribution in [0.4, 0.5) is 23.0 Å². The molecular formula is C19H19BF4N2O2S. The summed E-state index contributed by atoms with van der Waals surface area (Å²) < 4.78 is 44.2. The maximum Gasteiger partial charge on any atom is 0.673 e. The lowest BCUT2D eigenvalue weighted by Crippen LogP contribution is -2.02. The maximum absolute atomic E-state index is 12.6. The second-order valence-corrected chi connectivity index (χ2v) is 6.69. The molecule has 0 spiro atoms. The summed E-state index contributed by atoms with van der Waals surface area (Å²) in [7, 11) is -4.42. The molecule has 2 aromatic rings. The van der Waals surface area contributed by atoms with Crippen molar-refractivity contribution in [3.05, 3.63) is 76.8 Å². The molecule has 0 atom stereocenters. The number of rotatable bonds is 7. The molecular weight excluding hydrogens is 407 g/mol. The molecule has 0 amide bonds. The van der Waals surface area contributed by atoms with Crippen molar-refractivity contribution in [2.75, 3.05) is 12.9 Å². The highest BCUT2D eigenvalue weighted by Crippen LogP contribution is 2.25. The number of ether oxygens (including phenoxy) is 1.